The number of halogens is 6. The number of nitrogens with zero attached hydrogens (tertiary/aromatic N) is 2. The molecular weight excluding hydrogens is 753 g/mol. The first-order valence-electron chi connectivity index (χ1n) is 18.5. The van der Waals surface area contributed by atoms with Gasteiger partial charge in [-0.05, 0) is 63.1 Å². The zero-order valence-electron chi connectivity index (χ0n) is 33.1. The van der Waals surface area contributed by atoms with Gasteiger partial charge in [-0.2, -0.15) is 4.57 Å². The molecule has 0 saturated carbocycles. The first-order chi connectivity index (χ1) is 25.6. The summed E-state index contributed by atoms with van der Waals surface area (Å²) >= 11 is 0. The second kappa shape index (κ2) is 14.0. The number of ketones is 4. The number of aromatic nitrogens is 1. The number of carbonyl (C=O) groups excluding carboxylic acids is 4. The van der Waals surface area contributed by atoms with Crippen LogP contribution in [-0.4, -0.2) is 37.2 Å². The summed E-state index contributed by atoms with van der Waals surface area (Å²) < 4.78 is 60.9. The van der Waals surface area contributed by atoms with Crippen LogP contribution in [-0.2, 0) is 0 Å². The molecule has 300 valence electrons. The molecule has 0 spiro atoms. The molecule has 1 heterocycles. The van der Waals surface area contributed by atoms with Crippen molar-refractivity contribution in [2.24, 2.45) is 0 Å². The molecule has 2 aliphatic carbocycles. The average molecular weight is 801 g/mol. The maximum absolute atomic E-state index is 14.9. The van der Waals surface area contributed by atoms with Crippen LogP contribution in [0.5, 0.6) is 0 Å². The van der Waals surface area contributed by atoms with Gasteiger partial charge in [0, 0.05) is 43.0 Å². The third kappa shape index (κ3) is 8.36. The molecule has 0 aliphatic heterocycles. The monoisotopic (exact) mass is 800 g/mol. The SMILES string of the molecule is CC(C)c1cccc(C(C)C)c1C1C(=O)c2cc3c(c(-[n+]4ccc(N(C)C)cc4)c2C1=O)C(=O)C(c1c(C(C)C)cccc1C(C)C)C3=O.F[P-](F)(F)(F)(F)F. The summed E-state index contributed by atoms with van der Waals surface area (Å²) in [5.74, 6) is -3.08. The number of benzene rings is 3. The molecular formula is C43H47F6N2O4P. The molecule has 3 aromatic carbocycles. The van der Waals surface area contributed by atoms with Crippen molar-refractivity contribution >= 4 is 36.6 Å². The van der Waals surface area contributed by atoms with Crippen LogP contribution in [0.25, 0.3) is 5.69 Å². The van der Waals surface area contributed by atoms with Crippen molar-refractivity contribution in [3.8, 4) is 5.69 Å². The van der Waals surface area contributed by atoms with Gasteiger partial charge in [0.15, 0.2) is 35.5 Å². The summed E-state index contributed by atoms with van der Waals surface area (Å²) in [6, 6.07) is 17.4. The second-order valence-corrected chi connectivity index (χ2v) is 17.9. The number of pyridine rings is 1. The summed E-state index contributed by atoms with van der Waals surface area (Å²) in [4.78, 5) is 61.1. The molecule has 13 heteroatoms. The molecule has 0 radical (unpaired) electrons. The standard InChI is InChI=1S/C43H47N2O4.F6P/c1-22(2)27-13-11-14-28(23(3)4)33(27)37-40(46)31-21-32-36(39(35(31)42(37)48)45-19-17-26(18-20-45)44(9)10)43(49)38(41(32)47)34-29(24(5)6)15-12-16-30(34)25(7)8;1-7(2,3,4,5)6/h11-25,37-38H,1-10H3;/q+1;-1. The summed E-state index contributed by atoms with van der Waals surface area (Å²) in [7, 11) is -6.78. The van der Waals surface area contributed by atoms with Gasteiger partial charge in [-0.3, -0.25) is 19.2 Å². The molecule has 2 atom stereocenters. The van der Waals surface area contributed by atoms with Gasteiger partial charge in [0.25, 0.3) is 0 Å². The van der Waals surface area contributed by atoms with Gasteiger partial charge in [-0.15, -0.1) is 0 Å². The number of anilines is 1. The Balaban J connectivity index is 0.000000784. The first kappa shape index (κ1) is 42.4. The first-order valence-corrected chi connectivity index (χ1v) is 20.5. The molecule has 4 aromatic rings. The molecule has 0 bridgehead atoms. The van der Waals surface area contributed by atoms with E-state index in [1.54, 1.807) is 10.6 Å². The van der Waals surface area contributed by atoms with E-state index in [0.29, 0.717) is 5.69 Å². The number of hydrogen-bond donors (Lipinski definition) is 0. The number of fused-ring (bicyclic) bond motifs is 2. The Labute approximate surface area is 323 Å². The van der Waals surface area contributed by atoms with E-state index in [-0.39, 0.29) is 69.1 Å². The second-order valence-electron chi connectivity index (χ2n) is 16.0. The van der Waals surface area contributed by atoms with Gasteiger partial charge >= 0.3 is 33.0 Å². The van der Waals surface area contributed by atoms with Gasteiger partial charge in [0.1, 0.15) is 23.0 Å². The molecule has 2 unspecified atom stereocenters. The van der Waals surface area contributed by atoms with Crippen LogP contribution >= 0.6 is 7.81 Å². The van der Waals surface area contributed by atoms with Crippen molar-refractivity contribution < 1.29 is 48.9 Å². The molecule has 6 rings (SSSR count). The van der Waals surface area contributed by atoms with Crippen molar-refractivity contribution in [3.05, 3.63) is 123 Å². The normalized spacial score (nSPS) is 18.0. The van der Waals surface area contributed by atoms with Crippen LogP contribution in [0.2, 0.25) is 0 Å². The minimum absolute atomic E-state index is 0.0792. The van der Waals surface area contributed by atoms with Crippen molar-refractivity contribution in [1.29, 1.82) is 0 Å². The predicted molar refractivity (Wildman–Crippen MR) is 208 cm³/mol. The Morgan fingerprint density at radius 3 is 1.11 bits per heavy atom. The maximum atomic E-state index is 14.9. The molecule has 0 N–H and O–H groups in total. The summed E-state index contributed by atoms with van der Waals surface area (Å²) in [6.45, 7) is 16.6. The van der Waals surface area contributed by atoms with Crippen molar-refractivity contribution in [3.63, 3.8) is 0 Å². The Morgan fingerprint density at radius 2 is 0.839 bits per heavy atom. The predicted octanol–water partition coefficient (Wildman–Crippen LogP) is 12.2. The fourth-order valence-electron chi connectivity index (χ4n) is 7.93. The van der Waals surface area contributed by atoms with Crippen molar-refractivity contribution in [2.45, 2.75) is 90.9 Å². The summed E-state index contributed by atoms with van der Waals surface area (Å²) in [5.41, 5.74) is 7.45. The topological polar surface area (TPSA) is 75.4 Å². The van der Waals surface area contributed by atoms with E-state index in [9.17, 15) is 44.4 Å². The zero-order valence-corrected chi connectivity index (χ0v) is 34.0. The van der Waals surface area contributed by atoms with Crippen LogP contribution in [0.3, 0.4) is 0 Å². The van der Waals surface area contributed by atoms with Gasteiger partial charge in [0.2, 0.25) is 5.69 Å². The molecule has 2 aliphatic rings. The Morgan fingerprint density at radius 1 is 0.536 bits per heavy atom. The number of hydrogen-bond acceptors (Lipinski definition) is 5. The number of Topliss-reactive ketones (excluding diaryl/α,β-unsaturated/α-hetero) is 4. The third-order valence-electron chi connectivity index (χ3n) is 10.4. The summed E-state index contributed by atoms with van der Waals surface area (Å²) in [6.07, 6.45) is 3.62. The van der Waals surface area contributed by atoms with Gasteiger partial charge < -0.3 is 4.90 Å². The van der Waals surface area contributed by atoms with Crippen LogP contribution in [0.1, 0.15) is 166 Å². The Kier molecular flexibility index (Phi) is 10.6. The van der Waals surface area contributed by atoms with Crippen LogP contribution in [0, 0.1) is 0 Å². The molecule has 0 saturated heterocycles. The average Bonchev–Trinajstić information content (AvgIpc) is 3.48. The summed E-state index contributed by atoms with van der Waals surface area (Å²) in [5, 5.41) is 0. The van der Waals surface area contributed by atoms with E-state index in [1.807, 2.05) is 79.9 Å². The molecule has 6 nitrogen and oxygen atoms in total. The number of carbonyl (C=O) groups is 4. The number of rotatable bonds is 8. The molecule has 0 amide bonds. The molecule has 0 fully saturated rings. The van der Waals surface area contributed by atoms with Gasteiger partial charge in [0.05, 0.1) is 0 Å². The van der Waals surface area contributed by atoms with Crippen molar-refractivity contribution in [2.75, 3.05) is 19.0 Å². The third-order valence-corrected chi connectivity index (χ3v) is 10.4. The molecule has 1 aromatic heterocycles. The Bertz CT molecular complexity index is 2100. The van der Waals surface area contributed by atoms with Gasteiger partial charge in [-0.1, -0.05) is 91.8 Å². The minimum atomic E-state index is -10.7. The van der Waals surface area contributed by atoms with E-state index in [0.717, 1.165) is 39.1 Å². The van der Waals surface area contributed by atoms with Gasteiger partial charge in [-0.25, -0.2) is 0 Å². The zero-order chi connectivity index (χ0) is 42.0. The van der Waals surface area contributed by atoms with E-state index in [4.69, 9.17) is 0 Å². The van der Waals surface area contributed by atoms with Crippen LogP contribution < -0.4 is 9.47 Å². The Hall–Kier alpha value is -4.70. The van der Waals surface area contributed by atoms with E-state index >= 15 is 0 Å². The van der Waals surface area contributed by atoms with Crippen LogP contribution in [0.15, 0.2) is 67.0 Å². The van der Waals surface area contributed by atoms with E-state index in [1.165, 1.54) is 0 Å². The fraction of sp³-hybridized carbons (Fsp3) is 0.372. The van der Waals surface area contributed by atoms with Crippen LogP contribution in [0.4, 0.5) is 30.9 Å². The van der Waals surface area contributed by atoms with E-state index < -0.39 is 19.6 Å². The quantitative estimate of drug-likeness (QED) is 0.0768. The van der Waals surface area contributed by atoms with E-state index in [2.05, 4.69) is 55.4 Å². The van der Waals surface area contributed by atoms with Crippen molar-refractivity contribution in [1.82, 2.24) is 0 Å². The molecule has 56 heavy (non-hydrogen) atoms. The fourth-order valence-corrected chi connectivity index (χ4v) is 7.93.